The second-order valence-corrected chi connectivity index (χ2v) is 13.6. The maximum absolute atomic E-state index is 13.6. The molecule has 0 radical (unpaired) electrons. The fourth-order valence-electron chi connectivity index (χ4n) is 6.37. The predicted octanol–water partition coefficient (Wildman–Crippen LogP) is 3.26. The van der Waals surface area contributed by atoms with Crippen molar-refractivity contribution in [2.45, 2.75) is 44.8 Å². The Kier molecular flexibility index (Phi) is 4.85. The first-order valence-corrected chi connectivity index (χ1v) is 14.4. The minimum atomic E-state index is -2.93. The lowest BCUT2D eigenvalue weighted by Crippen LogP contribution is -2.62. The summed E-state index contributed by atoms with van der Waals surface area (Å²) in [5.41, 5.74) is 2.95. The van der Waals surface area contributed by atoms with Crippen LogP contribution in [0.3, 0.4) is 0 Å². The summed E-state index contributed by atoms with van der Waals surface area (Å²) in [7, 11) is -2.93. The Bertz CT molecular complexity index is 1480. The van der Waals surface area contributed by atoms with Crippen LogP contribution in [0.2, 0.25) is 5.02 Å². The summed E-state index contributed by atoms with van der Waals surface area (Å²) in [6, 6.07) is 7.70. The Morgan fingerprint density at radius 2 is 1.89 bits per heavy atom. The number of benzene rings is 1. The standard InChI is InChI=1S/C25H26ClFN6O2S/c1-15-4-22(28-8-20(15)27)32-13-25(14-32)6-17(7-25)24-30-29-23-10-31(19-11-36(34,35)12-19)9-16-5-18(26)2-3-21(16)33(23)24/h2-5,8,17,19H,6-7,9-14H2,1H3. The lowest BCUT2D eigenvalue weighted by molar-refractivity contribution is 0.0581. The number of pyridine rings is 1. The summed E-state index contributed by atoms with van der Waals surface area (Å²) >= 11 is 6.35. The van der Waals surface area contributed by atoms with Gasteiger partial charge in [0.15, 0.2) is 15.7 Å². The molecule has 0 N–H and O–H groups in total. The summed E-state index contributed by atoms with van der Waals surface area (Å²) in [4.78, 5) is 8.68. The molecule has 0 amide bonds. The number of sulfone groups is 1. The highest BCUT2D eigenvalue weighted by atomic mass is 35.5. The molecule has 36 heavy (non-hydrogen) atoms. The summed E-state index contributed by atoms with van der Waals surface area (Å²) in [6.45, 7) is 4.78. The Morgan fingerprint density at radius 3 is 2.61 bits per heavy atom. The molecule has 8 nitrogen and oxygen atoms in total. The maximum Gasteiger partial charge on any atom is 0.153 e. The third kappa shape index (κ3) is 3.56. The molecule has 1 aliphatic carbocycles. The predicted molar refractivity (Wildman–Crippen MR) is 134 cm³/mol. The molecule has 1 aromatic carbocycles. The second kappa shape index (κ2) is 7.72. The van der Waals surface area contributed by atoms with Gasteiger partial charge in [-0.05, 0) is 55.2 Å². The highest BCUT2D eigenvalue weighted by Gasteiger charge is 2.54. The number of anilines is 1. The highest BCUT2D eigenvalue weighted by Crippen LogP contribution is 2.56. The minimum absolute atomic E-state index is 0.00910. The van der Waals surface area contributed by atoms with Gasteiger partial charge in [0.25, 0.3) is 0 Å². The zero-order chi connectivity index (χ0) is 24.8. The topological polar surface area (TPSA) is 84.2 Å². The normalized spacial score (nSPS) is 22.8. The second-order valence-electron chi connectivity index (χ2n) is 11.0. The van der Waals surface area contributed by atoms with Crippen molar-refractivity contribution in [1.29, 1.82) is 0 Å². The van der Waals surface area contributed by atoms with Crippen molar-refractivity contribution in [2.24, 2.45) is 5.41 Å². The van der Waals surface area contributed by atoms with Crippen LogP contribution >= 0.6 is 11.6 Å². The summed E-state index contributed by atoms with van der Waals surface area (Å²) < 4.78 is 39.5. The van der Waals surface area contributed by atoms with Crippen LogP contribution in [-0.2, 0) is 22.9 Å². The number of halogens is 2. The van der Waals surface area contributed by atoms with Crippen molar-refractivity contribution in [3.05, 3.63) is 64.1 Å². The molecule has 1 saturated carbocycles. The van der Waals surface area contributed by atoms with E-state index < -0.39 is 9.84 Å². The molecule has 2 saturated heterocycles. The number of hydrogen-bond donors (Lipinski definition) is 0. The van der Waals surface area contributed by atoms with Crippen molar-refractivity contribution in [1.82, 2.24) is 24.6 Å². The Morgan fingerprint density at radius 1 is 1.11 bits per heavy atom. The molecule has 188 valence electrons. The zero-order valence-corrected chi connectivity index (χ0v) is 21.4. The van der Waals surface area contributed by atoms with Crippen molar-refractivity contribution in [3.63, 3.8) is 0 Å². The molecule has 1 spiro atoms. The molecular formula is C25H26ClFN6O2S. The van der Waals surface area contributed by atoms with Gasteiger partial charge < -0.3 is 4.90 Å². The van der Waals surface area contributed by atoms with Crippen molar-refractivity contribution < 1.29 is 12.8 Å². The molecule has 5 heterocycles. The van der Waals surface area contributed by atoms with E-state index >= 15 is 0 Å². The van der Waals surface area contributed by atoms with Gasteiger partial charge in [0.1, 0.15) is 17.5 Å². The van der Waals surface area contributed by atoms with Crippen LogP contribution in [0.1, 0.15) is 41.5 Å². The van der Waals surface area contributed by atoms with Gasteiger partial charge in [0.2, 0.25) is 0 Å². The molecule has 11 heteroatoms. The summed E-state index contributed by atoms with van der Waals surface area (Å²) in [6.07, 6.45) is 3.35. The smallest absolute Gasteiger partial charge is 0.153 e. The minimum Gasteiger partial charge on any atom is -0.355 e. The third-order valence-electron chi connectivity index (χ3n) is 8.30. The molecule has 4 aliphatic rings. The molecule has 3 fully saturated rings. The Balaban J connectivity index is 1.13. The fourth-order valence-corrected chi connectivity index (χ4v) is 8.06. The van der Waals surface area contributed by atoms with Gasteiger partial charge in [0.05, 0.1) is 29.9 Å². The summed E-state index contributed by atoms with van der Waals surface area (Å²) in [5, 5.41) is 9.87. The lowest BCUT2D eigenvalue weighted by Gasteiger charge is -2.59. The van der Waals surface area contributed by atoms with Gasteiger partial charge in [-0.1, -0.05) is 11.6 Å². The lowest BCUT2D eigenvalue weighted by atomic mass is 9.57. The number of aromatic nitrogens is 4. The van der Waals surface area contributed by atoms with Gasteiger partial charge in [0, 0.05) is 42.0 Å². The van der Waals surface area contributed by atoms with E-state index in [-0.39, 0.29) is 28.8 Å². The Labute approximate surface area is 214 Å². The average Bonchev–Trinajstić information content (AvgIpc) is 3.07. The fraction of sp³-hybridized carbons (Fsp3) is 0.480. The zero-order valence-electron chi connectivity index (χ0n) is 19.9. The molecule has 3 aromatic rings. The van der Waals surface area contributed by atoms with E-state index in [0.29, 0.717) is 29.6 Å². The maximum atomic E-state index is 13.6. The number of rotatable bonds is 3. The van der Waals surface area contributed by atoms with E-state index in [1.165, 1.54) is 6.20 Å². The number of fused-ring (bicyclic) bond motifs is 3. The van der Waals surface area contributed by atoms with Gasteiger partial charge >= 0.3 is 0 Å². The van der Waals surface area contributed by atoms with E-state index in [1.807, 2.05) is 24.3 Å². The molecule has 3 aliphatic heterocycles. The van der Waals surface area contributed by atoms with Crippen molar-refractivity contribution >= 4 is 27.3 Å². The quantitative estimate of drug-likeness (QED) is 0.516. The van der Waals surface area contributed by atoms with Gasteiger partial charge in [-0.15, -0.1) is 10.2 Å². The average molecular weight is 529 g/mol. The van der Waals surface area contributed by atoms with Gasteiger partial charge in [-0.2, -0.15) is 0 Å². The Hall–Kier alpha value is -2.56. The van der Waals surface area contributed by atoms with Crippen LogP contribution in [0.15, 0.2) is 30.5 Å². The van der Waals surface area contributed by atoms with Crippen LogP contribution in [0.5, 0.6) is 0 Å². The summed E-state index contributed by atoms with van der Waals surface area (Å²) in [5.74, 6) is 3.05. The van der Waals surface area contributed by atoms with E-state index in [0.717, 1.165) is 54.6 Å². The molecule has 2 aromatic heterocycles. The monoisotopic (exact) mass is 528 g/mol. The molecule has 0 bridgehead atoms. The number of nitrogens with zero attached hydrogens (tertiary/aromatic N) is 6. The molecule has 0 unspecified atom stereocenters. The highest BCUT2D eigenvalue weighted by molar-refractivity contribution is 7.92. The third-order valence-corrected chi connectivity index (χ3v) is 10.3. The van der Waals surface area contributed by atoms with Gasteiger partial charge in [-0.3, -0.25) is 9.47 Å². The number of aryl methyl sites for hydroxylation is 1. The first-order valence-electron chi connectivity index (χ1n) is 12.2. The van der Waals surface area contributed by atoms with Crippen LogP contribution in [0.25, 0.3) is 5.69 Å². The van der Waals surface area contributed by atoms with E-state index in [2.05, 4.69) is 29.5 Å². The molecule has 7 rings (SSSR count). The first-order chi connectivity index (χ1) is 17.2. The van der Waals surface area contributed by atoms with Crippen LogP contribution in [0, 0.1) is 18.2 Å². The van der Waals surface area contributed by atoms with Crippen LogP contribution in [-0.4, -0.2) is 63.7 Å². The van der Waals surface area contributed by atoms with E-state index in [4.69, 9.17) is 11.6 Å². The van der Waals surface area contributed by atoms with Crippen molar-refractivity contribution in [3.8, 4) is 5.69 Å². The van der Waals surface area contributed by atoms with Gasteiger partial charge in [-0.25, -0.2) is 17.8 Å². The van der Waals surface area contributed by atoms with Crippen molar-refractivity contribution in [2.75, 3.05) is 29.5 Å². The van der Waals surface area contributed by atoms with Crippen LogP contribution in [0.4, 0.5) is 10.2 Å². The first kappa shape index (κ1) is 22.6. The molecule has 0 atom stereocenters. The number of hydrogen-bond acceptors (Lipinski definition) is 7. The van der Waals surface area contributed by atoms with E-state index in [1.54, 1.807) is 6.92 Å². The van der Waals surface area contributed by atoms with Crippen LogP contribution < -0.4 is 4.90 Å². The largest absolute Gasteiger partial charge is 0.355 e. The molecular weight excluding hydrogens is 503 g/mol. The SMILES string of the molecule is Cc1cc(N2CC3(CC(c4nnc5n4-c4ccc(Cl)cc4CN(C4CS(=O)(=O)C4)C5)C3)C2)ncc1F. The van der Waals surface area contributed by atoms with E-state index in [9.17, 15) is 12.8 Å².